The summed E-state index contributed by atoms with van der Waals surface area (Å²) >= 11 is 0. The average Bonchev–Trinajstić information content (AvgIpc) is 2.54. The minimum Gasteiger partial charge on any atom is -0.174 e. The summed E-state index contributed by atoms with van der Waals surface area (Å²) in [5.74, 6) is 3.63. The molecule has 0 atom stereocenters. The highest BCUT2D eigenvalue weighted by atomic mass is 19.3. The summed E-state index contributed by atoms with van der Waals surface area (Å²) in [5, 5.41) is 0. The molecule has 2 rings (SSSR count). The van der Waals surface area contributed by atoms with Gasteiger partial charge in [0.15, 0.2) is 0 Å². The molecule has 2 fully saturated rings. The van der Waals surface area contributed by atoms with Crippen molar-refractivity contribution in [3.63, 3.8) is 0 Å². The predicted molar refractivity (Wildman–Crippen MR) is 90.0 cm³/mol. The van der Waals surface area contributed by atoms with Gasteiger partial charge < -0.3 is 0 Å². The SMILES string of the molecule is CCCCC1CCC(C2CCC(CCC=C(F)F)CC2)CC1. The van der Waals surface area contributed by atoms with Crippen molar-refractivity contribution in [2.45, 2.75) is 90.4 Å². The number of hydrogen-bond acceptors (Lipinski definition) is 0. The maximum Gasteiger partial charge on any atom is 0.266 e. The van der Waals surface area contributed by atoms with Crippen LogP contribution in [0.1, 0.15) is 90.4 Å². The Morgan fingerprint density at radius 3 is 1.77 bits per heavy atom. The lowest BCUT2D eigenvalue weighted by Crippen LogP contribution is -2.25. The Hall–Kier alpha value is -0.400. The first-order valence-corrected chi connectivity index (χ1v) is 9.70. The zero-order chi connectivity index (χ0) is 15.8. The lowest BCUT2D eigenvalue weighted by atomic mass is 9.68. The van der Waals surface area contributed by atoms with Gasteiger partial charge >= 0.3 is 0 Å². The van der Waals surface area contributed by atoms with Crippen molar-refractivity contribution in [1.29, 1.82) is 0 Å². The minimum atomic E-state index is -1.51. The molecule has 0 radical (unpaired) electrons. The van der Waals surface area contributed by atoms with Crippen molar-refractivity contribution in [1.82, 2.24) is 0 Å². The van der Waals surface area contributed by atoms with Crippen molar-refractivity contribution < 1.29 is 8.78 Å². The van der Waals surface area contributed by atoms with Gasteiger partial charge in [0.25, 0.3) is 6.08 Å². The van der Waals surface area contributed by atoms with Crippen LogP contribution in [-0.4, -0.2) is 0 Å². The molecule has 22 heavy (non-hydrogen) atoms. The monoisotopic (exact) mass is 312 g/mol. The number of allylic oxidation sites excluding steroid dienone is 1. The van der Waals surface area contributed by atoms with Crippen LogP contribution < -0.4 is 0 Å². The third-order valence-electron chi connectivity index (χ3n) is 6.29. The first kappa shape index (κ1) is 17.9. The molecule has 0 saturated heterocycles. The molecule has 0 amide bonds. The van der Waals surface area contributed by atoms with E-state index < -0.39 is 6.08 Å². The van der Waals surface area contributed by atoms with E-state index in [1.165, 1.54) is 70.6 Å². The van der Waals surface area contributed by atoms with Gasteiger partial charge in [0.1, 0.15) is 0 Å². The van der Waals surface area contributed by atoms with E-state index in [9.17, 15) is 8.78 Å². The van der Waals surface area contributed by atoms with Crippen LogP contribution in [-0.2, 0) is 0 Å². The second-order valence-electron chi connectivity index (χ2n) is 7.77. The van der Waals surface area contributed by atoms with Gasteiger partial charge in [0.2, 0.25) is 0 Å². The van der Waals surface area contributed by atoms with Gasteiger partial charge in [0, 0.05) is 0 Å². The molecule has 0 aromatic carbocycles. The third-order valence-corrected chi connectivity index (χ3v) is 6.29. The maximum atomic E-state index is 12.1. The highest BCUT2D eigenvalue weighted by Gasteiger charge is 2.30. The summed E-state index contributed by atoms with van der Waals surface area (Å²) in [5.41, 5.74) is 0. The smallest absolute Gasteiger partial charge is 0.174 e. The molecule has 2 aliphatic carbocycles. The molecule has 2 heteroatoms. The molecule has 0 heterocycles. The van der Waals surface area contributed by atoms with Crippen LogP contribution in [0.15, 0.2) is 12.2 Å². The lowest BCUT2D eigenvalue weighted by molar-refractivity contribution is 0.140. The number of hydrogen-bond donors (Lipinski definition) is 0. The minimum absolute atomic E-state index is 0.570. The largest absolute Gasteiger partial charge is 0.266 e. The Balaban J connectivity index is 1.62. The molecule has 2 aliphatic rings. The van der Waals surface area contributed by atoms with Gasteiger partial charge in [-0.3, -0.25) is 0 Å². The van der Waals surface area contributed by atoms with Crippen LogP contribution in [0.4, 0.5) is 8.78 Å². The van der Waals surface area contributed by atoms with Crippen LogP contribution >= 0.6 is 0 Å². The highest BCUT2D eigenvalue weighted by Crippen LogP contribution is 2.43. The predicted octanol–water partition coefficient (Wildman–Crippen LogP) is 7.35. The fourth-order valence-corrected chi connectivity index (χ4v) is 4.82. The van der Waals surface area contributed by atoms with E-state index in [4.69, 9.17) is 0 Å². The van der Waals surface area contributed by atoms with Gasteiger partial charge in [-0.2, -0.15) is 8.78 Å². The Bertz CT molecular complexity index is 317. The molecule has 0 unspecified atom stereocenters. The quantitative estimate of drug-likeness (QED) is 0.461. The summed E-state index contributed by atoms with van der Waals surface area (Å²) < 4.78 is 24.1. The van der Waals surface area contributed by atoms with E-state index in [0.717, 1.165) is 30.3 Å². The summed E-state index contributed by atoms with van der Waals surface area (Å²) in [6.45, 7) is 2.29. The lowest BCUT2D eigenvalue weighted by Gasteiger charge is -2.38. The van der Waals surface area contributed by atoms with E-state index in [0.29, 0.717) is 12.3 Å². The standard InChI is InChI=1S/C20H34F2/c1-2-3-5-16-8-12-18(13-9-16)19-14-10-17(11-15-19)6-4-7-20(21)22/h7,16-19H,2-6,8-15H2,1H3. The summed E-state index contributed by atoms with van der Waals surface area (Å²) in [7, 11) is 0. The van der Waals surface area contributed by atoms with Crippen molar-refractivity contribution in [2.24, 2.45) is 23.7 Å². The van der Waals surface area contributed by atoms with Crippen LogP contribution in [0.3, 0.4) is 0 Å². The fourth-order valence-electron chi connectivity index (χ4n) is 4.82. The second-order valence-corrected chi connectivity index (χ2v) is 7.77. The van der Waals surface area contributed by atoms with Gasteiger partial charge in [0.05, 0.1) is 0 Å². The molecule has 0 aromatic rings. The third kappa shape index (κ3) is 6.01. The molecular weight excluding hydrogens is 278 g/mol. The van der Waals surface area contributed by atoms with E-state index in [1.807, 2.05) is 0 Å². The van der Waals surface area contributed by atoms with Crippen molar-refractivity contribution in [3.8, 4) is 0 Å². The van der Waals surface area contributed by atoms with Crippen LogP contribution in [0.5, 0.6) is 0 Å². The fraction of sp³-hybridized carbons (Fsp3) is 0.900. The molecule has 0 spiro atoms. The van der Waals surface area contributed by atoms with Crippen LogP contribution in [0.25, 0.3) is 0 Å². The van der Waals surface area contributed by atoms with E-state index in [2.05, 4.69) is 6.92 Å². The molecule has 0 aromatic heterocycles. The van der Waals surface area contributed by atoms with Gasteiger partial charge in [-0.25, -0.2) is 0 Å². The Morgan fingerprint density at radius 2 is 1.32 bits per heavy atom. The Morgan fingerprint density at radius 1 is 0.818 bits per heavy atom. The van der Waals surface area contributed by atoms with Crippen molar-refractivity contribution in [3.05, 3.63) is 12.2 Å². The number of halogens is 2. The highest BCUT2D eigenvalue weighted by molar-refractivity contribution is 4.85. The second kappa shape index (κ2) is 9.67. The summed E-state index contributed by atoms with van der Waals surface area (Å²) in [6, 6.07) is 0. The van der Waals surface area contributed by atoms with Gasteiger partial charge in [-0.05, 0) is 68.3 Å². The van der Waals surface area contributed by atoms with Crippen molar-refractivity contribution >= 4 is 0 Å². The Labute approximate surface area is 135 Å². The first-order chi connectivity index (χ1) is 10.7. The molecule has 0 aliphatic heterocycles. The van der Waals surface area contributed by atoms with E-state index in [1.54, 1.807) is 0 Å². The van der Waals surface area contributed by atoms with Crippen LogP contribution in [0, 0.1) is 23.7 Å². The zero-order valence-electron chi connectivity index (χ0n) is 14.3. The van der Waals surface area contributed by atoms with E-state index >= 15 is 0 Å². The topological polar surface area (TPSA) is 0 Å². The van der Waals surface area contributed by atoms with Gasteiger partial charge in [-0.15, -0.1) is 0 Å². The molecule has 128 valence electrons. The summed E-state index contributed by atoms with van der Waals surface area (Å²) in [6.07, 6.45) is 16.5. The molecule has 2 saturated carbocycles. The molecular formula is C20H34F2. The number of unbranched alkanes of at least 4 members (excludes halogenated alkanes) is 1. The zero-order valence-corrected chi connectivity index (χ0v) is 14.3. The van der Waals surface area contributed by atoms with Crippen LogP contribution in [0.2, 0.25) is 0 Å². The van der Waals surface area contributed by atoms with E-state index in [-0.39, 0.29) is 0 Å². The number of rotatable bonds is 7. The molecule has 0 nitrogen and oxygen atoms in total. The molecule has 0 N–H and O–H groups in total. The molecule has 0 bridgehead atoms. The first-order valence-electron chi connectivity index (χ1n) is 9.70. The maximum absolute atomic E-state index is 12.1. The van der Waals surface area contributed by atoms with Crippen molar-refractivity contribution in [2.75, 3.05) is 0 Å². The Kier molecular flexibility index (Phi) is 7.89. The van der Waals surface area contributed by atoms with Gasteiger partial charge in [-0.1, -0.05) is 51.9 Å². The normalized spacial score (nSPS) is 32.7. The summed E-state index contributed by atoms with van der Waals surface area (Å²) in [4.78, 5) is 0. The average molecular weight is 312 g/mol.